The topological polar surface area (TPSA) is 37.0 Å². The molecule has 10 heavy (non-hydrogen) atoms. The molecule has 2 N–H and O–H groups in total. The molecular weight excluding hydrogens is 126 g/mol. The molecule has 0 atom stereocenters. The van der Waals surface area contributed by atoms with Gasteiger partial charge in [0.2, 0.25) is 0 Å². The van der Waals surface area contributed by atoms with Gasteiger partial charge in [0.05, 0.1) is 0 Å². The van der Waals surface area contributed by atoms with Crippen molar-refractivity contribution in [3.8, 4) is 0 Å². The van der Waals surface area contributed by atoms with E-state index < -0.39 is 0 Å². The minimum absolute atomic E-state index is 0.966. The van der Waals surface area contributed by atoms with Crippen molar-refractivity contribution in [2.24, 2.45) is 0 Å². The van der Waals surface area contributed by atoms with Crippen molar-refractivity contribution in [1.82, 2.24) is 10.4 Å². The Bertz CT molecular complexity index is 209. The van der Waals surface area contributed by atoms with Crippen molar-refractivity contribution >= 4 is 5.82 Å². The average Bonchev–Trinajstić information content (AvgIpc) is 2.05. The van der Waals surface area contributed by atoms with Crippen LogP contribution in [-0.4, -0.2) is 11.5 Å². The predicted octanol–water partition coefficient (Wildman–Crippen LogP) is 0.554. The highest BCUT2D eigenvalue weighted by atomic mass is 15.4. The third kappa shape index (κ3) is 0.844. The Kier molecular flexibility index (Phi) is 1.29. The SMILES string of the molecule is c1cnc2c(c1)CCNN2. The fraction of sp³-hybridized carbons (Fsp3) is 0.286. The van der Waals surface area contributed by atoms with Gasteiger partial charge in [0.1, 0.15) is 5.82 Å². The summed E-state index contributed by atoms with van der Waals surface area (Å²) in [4.78, 5) is 4.15. The van der Waals surface area contributed by atoms with E-state index in [2.05, 4.69) is 21.9 Å². The minimum Gasteiger partial charge on any atom is -0.306 e. The number of hydrogen-bond donors (Lipinski definition) is 2. The number of aromatic nitrogens is 1. The van der Waals surface area contributed by atoms with Gasteiger partial charge in [0, 0.05) is 12.7 Å². The van der Waals surface area contributed by atoms with Crippen LogP contribution < -0.4 is 10.9 Å². The number of hydrogen-bond acceptors (Lipinski definition) is 3. The molecular formula is C7H9N3. The van der Waals surface area contributed by atoms with Crippen LogP contribution >= 0.6 is 0 Å². The number of pyridine rings is 1. The molecule has 0 bridgehead atoms. The number of fused-ring (bicyclic) bond motifs is 1. The van der Waals surface area contributed by atoms with Gasteiger partial charge >= 0.3 is 0 Å². The molecule has 3 heteroatoms. The van der Waals surface area contributed by atoms with Crippen LogP contribution in [0.3, 0.4) is 0 Å². The minimum atomic E-state index is 0.966. The lowest BCUT2D eigenvalue weighted by Crippen LogP contribution is -2.30. The van der Waals surface area contributed by atoms with E-state index in [1.807, 2.05) is 6.07 Å². The van der Waals surface area contributed by atoms with Gasteiger partial charge in [-0.3, -0.25) is 0 Å². The molecule has 0 aromatic carbocycles. The standard InChI is InChI=1S/C7H9N3/c1-2-6-3-5-9-10-7(6)8-4-1/h1-2,4,9H,3,5H2,(H,8,10). The van der Waals surface area contributed by atoms with Gasteiger partial charge in [-0.1, -0.05) is 6.07 Å². The second-order valence-electron chi connectivity index (χ2n) is 2.31. The van der Waals surface area contributed by atoms with Gasteiger partial charge in [-0.2, -0.15) is 0 Å². The summed E-state index contributed by atoms with van der Waals surface area (Å²) in [5.41, 5.74) is 7.32. The quantitative estimate of drug-likeness (QED) is 0.545. The molecule has 0 saturated heterocycles. The van der Waals surface area contributed by atoms with Crippen LogP contribution in [0.2, 0.25) is 0 Å². The van der Waals surface area contributed by atoms with Crippen LogP contribution in [0.1, 0.15) is 5.56 Å². The van der Waals surface area contributed by atoms with Crippen molar-refractivity contribution < 1.29 is 0 Å². The summed E-state index contributed by atoms with van der Waals surface area (Å²) in [5, 5.41) is 0. The highest BCUT2D eigenvalue weighted by Crippen LogP contribution is 2.12. The third-order valence-corrected chi connectivity index (χ3v) is 1.62. The second kappa shape index (κ2) is 2.27. The maximum atomic E-state index is 4.15. The van der Waals surface area contributed by atoms with Crippen molar-refractivity contribution in [2.45, 2.75) is 6.42 Å². The Balaban J connectivity index is 2.41. The summed E-state index contributed by atoms with van der Waals surface area (Å²) in [6.45, 7) is 0.985. The lowest BCUT2D eigenvalue weighted by Gasteiger charge is -2.16. The summed E-state index contributed by atoms with van der Waals surface area (Å²) >= 11 is 0. The van der Waals surface area contributed by atoms with Gasteiger partial charge in [-0.25, -0.2) is 10.4 Å². The van der Waals surface area contributed by atoms with E-state index in [0.717, 1.165) is 18.8 Å². The molecule has 0 radical (unpaired) electrons. The molecule has 0 saturated carbocycles. The monoisotopic (exact) mass is 135 g/mol. The van der Waals surface area contributed by atoms with Gasteiger partial charge in [0.25, 0.3) is 0 Å². The molecule has 1 aromatic heterocycles. The fourth-order valence-corrected chi connectivity index (χ4v) is 1.10. The Labute approximate surface area is 59.4 Å². The van der Waals surface area contributed by atoms with E-state index in [1.165, 1.54) is 5.56 Å². The lowest BCUT2D eigenvalue weighted by atomic mass is 10.2. The first-order valence-corrected chi connectivity index (χ1v) is 3.39. The Morgan fingerprint density at radius 3 is 3.40 bits per heavy atom. The number of nitrogens with zero attached hydrogens (tertiary/aromatic N) is 1. The highest BCUT2D eigenvalue weighted by Gasteiger charge is 2.05. The van der Waals surface area contributed by atoms with E-state index in [4.69, 9.17) is 0 Å². The first kappa shape index (κ1) is 5.68. The van der Waals surface area contributed by atoms with Crippen LogP contribution in [-0.2, 0) is 6.42 Å². The van der Waals surface area contributed by atoms with E-state index in [9.17, 15) is 0 Å². The second-order valence-corrected chi connectivity index (χ2v) is 2.31. The number of nitrogens with one attached hydrogen (secondary N) is 2. The van der Waals surface area contributed by atoms with Crippen LogP contribution in [0.5, 0.6) is 0 Å². The highest BCUT2D eigenvalue weighted by molar-refractivity contribution is 5.44. The van der Waals surface area contributed by atoms with E-state index in [0.29, 0.717) is 0 Å². The zero-order valence-corrected chi connectivity index (χ0v) is 5.59. The van der Waals surface area contributed by atoms with Crippen LogP contribution in [0, 0.1) is 0 Å². The first-order valence-electron chi connectivity index (χ1n) is 3.39. The number of rotatable bonds is 0. The smallest absolute Gasteiger partial charge is 0.143 e. The molecule has 1 aliphatic heterocycles. The summed E-state index contributed by atoms with van der Waals surface area (Å²) in [7, 11) is 0. The maximum Gasteiger partial charge on any atom is 0.143 e. The molecule has 0 fully saturated rings. The van der Waals surface area contributed by atoms with Crippen molar-refractivity contribution in [3.63, 3.8) is 0 Å². The lowest BCUT2D eigenvalue weighted by molar-refractivity contribution is 0.737. The van der Waals surface area contributed by atoms with Crippen LogP contribution in [0.4, 0.5) is 5.82 Å². The number of anilines is 1. The first-order chi connectivity index (χ1) is 4.97. The van der Waals surface area contributed by atoms with Gasteiger partial charge in [-0.15, -0.1) is 0 Å². The predicted molar refractivity (Wildman–Crippen MR) is 39.6 cm³/mol. The Hall–Kier alpha value is -1.09. The molecule has 1 aromatic rings. The van der Waals surface area contributed by atoms with Gasteiger partial charge in [-0.05, 0) is 18.1 Å². The van der Waals surface area contributed by atoms with Crippen molar-refractivity contribution in [1.29, 1.82) is 0 Å². The summed E-state index contributed by atoms with van der Waals surface area (Å²) in [6.07, 6.45) is 2.86. The van der Waals surface area contributed by atoms with E-state index in [1.54, 1.807) is 6.20 Å². The largest absolute Gasteiger partial charge is 0.306 e. The zero-order chi connectivity index (χ0) is 6.81. The molecule has 0 aliphatic carbocycles. The van der Waals surface area contributed by atoms with Crippen molar-refractivity contribution in [2.75, 3.05) is 12.0 Å². The van der Waals surface area contributed by atoms with Gasteiger partial charge < -0.3 is 5.43 Å². The average molecular weight is 135 g/mol. The summed E-state index contributed by atoms with van der Waals surface area (Å²) < 4.78 is 0. The normalized spacial score (nSPS) is 15.6. The molecule has 52 valence electrons. The van der Waals surface area contributed by atoms with Gasteiger partial charge in [0.15, 0.2) is 0 Å². The summed E-state index contributed by atoms with van der Waals surface area (Å²) in [5.74, 6) is 0.966. The molecule has 0 amide bonds. The Morgan fingerprint density at radius 2 is 2.50 bits per heavy atom. The zero-order valence-electron chi connectivity index (χ0n) is 5.59. The Morgan fingerprint density at radius 1 is 1.50 bits per heavy atom. The molecule has 2 rings (SSSR count). The molecule has 2 heterocycles. The molecule has 0 spiro atoms. The molecule has 1 aliphatic rings. The fourth-order valence-electron chi connectivity index (χ4n) is 1.10. The van der Waals surface area contributed by atoms with Crippen LogP contribution in [0.15, 0.2) is 18.3 Å². The maximum absolute atomic E-state index is 4.15. The molecule has 3 nitrogen and oxygen atoms in total. The van der Waals surface area contributed by atoms with E-state index >= 15 is 0 Å². The van der Waals surface area contributed by atoms with Crippen LogP contribution in [0.25, 0.3) is 0 Å². The summed E-state index contributed by atoms with van der Waals surface area (Å²) in [6, 6.07) is 4.06. The molecule has 0 unspecified atom stereocenters. The third-order valence-electron chi connectivity index (χ3n) is 1.62. The van der Waals surface area contributed by atoms with E-state index in [-0.39, 0.29) is 0 Å². The van der Waals surface area contributed by atoms with Crippen molar-refractivity contribution in [3.05, 3.63) is 23.9 Å². The number of hydrazine groups is 1.